The van der Waals surface area contributed by atoms with Crippen molar-refractivity contribution in [1.29, 1.82) is 0 Å². The molecule has 0 aliphatic carbocycles. The fourth-order valence-electron chi connectivity index (χ4n) is 4.30. The zero-order valence-electron chi connectivity index (χ0n) is 19.4. The lowest BCUT2D eigenvalue weighted by atomic mass is 9.91. The first-order chi connectivity index (χ1) is 16.4. The molecule has 8 heteroatoms. The lowest BCUT2D eigenvalue weighted by Gasteiger charge is -2.27. The van der Waals surface area contributed by atoms with Gasteiger partial charge in [0.05, 0.1) is 26.7 Å². The second-order valence-electron chi connectivity index (χ2n) is 8.39. The maximum absolute atomic E-state index is 11.5. The van der Waals surface area contributed by atoms with Crippen molar-refractivity contribution in [1.82, 2.24) is 4.57 Å². The van der Waals surface area contributed by atoms with Crippen molar-refractivity contribution >= 4 is 5.97 Å². The van der Waals surface area contributed by atoms with Crippen LogP contribution in [0, 0.1) is 12.8 Å². The standard InChI is InChI=1S/C26H29NO7/c1-16-22(31-2)11-18(12-23(16)32-3)26(30)19(15-27-9-8-17(14-27)10-24(28)29)13-25-33-20-6-4-5-7-21(20)34-25/h4-9,11-12,14,19,25-26,30H,10,13,15H2,1-3H3,(H,28,29). The third-order valence-corrected chi connectivity index (χ3v) is 6.04. The lowest BCUT2D eigenvalue weighted by Crippen LogP contribution is -2.28. The number of hydrogen-bond acceptors (Lipinski definition) is 6. The molecular formula is C26H29NO7. The summed E-state index contributed by atoms with van der Waals surface area (Å²) in [6, 6.07) is 12.9. The van der Waals surface area contributed by atoms with Gasteiger partial charge in [-0.25, -0.2) is 0 Å². The number of benzene rings is 2. The van der Waals surface area contributed by atoms with Gasteiger partial charge in [0.2, 0.25) is 6.29 Å². The highest BCUT2D eigenvalue weighted by Crippen LogP contribution is 2.39. The van der Waals surface area contributed by atoms with Crippen LogP contribution in [0.4, 0.5) is 0 Å². The van der Waals surface area contributed by atoms with Gasteiger partial charge in [-0.3, -0.25) is 4.79 Å². The van der Waals surface area contributed by atoms with Gasteiger partial charge in [-0.15, -0.1) is 0 Å². The van der Waals surface area contributed by atoms with Gasteiger partial charge in [-0.05, 0) is 48.4 Å². The molecule has 0 radical (unpaired) electrons. The van der Waals surface area contributed by atoms with E-state index in [2.05, 4.69) is 0 Å². The first kappa shape index (κ1) is 23.5. The van der Waals surface area contributed by atoms with Crippen LogP contribution in [0.5, 0.6) is 23.0 Å². The predicted octanol–water partition coefficient (Wildman–Crippen LogP) is 3.98. The van der Waals surface area contributed by atoms with Gasteiger partial charge in [-0.1, -0.05) is 12.1 Å². The molecule has 3 aromatic rings. The Bertz CT molecular complexity index is 1110. The summed E-state index contributed by atoms with van der Waals surface area (Å²) in [5.41, 5.74) is 2.19. The topological polar surface area (TPSA) is 99.4 Å². The fourth-order valence-corrected chi connectivity index (χ4v) is 4.30. The van der Waals surface area contributed by atoms with Gasteiger partial charge in [0, 0.05) is 36.8 Å². The average Bonchev–Trinajstić information content (AvgIpc) is 3.43. The van der Waals surface area contributed by atoms with Crippen molar-refractivity contribution in [3.63, 3.8) is 0 Å². The Hall–Kier alpha value is -3.65. The Morgan fingerprint density at radius 2 is 1.71 bits per heavy atom. The van der Waals surface area contributed by atoms with E-state index in [4.69, 9.17) is 24.1 Å². The third-order valence-electron chi connectivity index (χ3n) is 6.04. The summed E-state index contributed by atoms with van der Waals surface area (Å²) in [5, 5.41) is 20.6. The fraction of sp³-hybridized carbons (Fsp3) is 0.346. The Kier molecular flexibility index (Phi) is 6.98. The SMILES string of the molecule is COc1cc(C(O)C(CC2Oc3ccccc3O2)Cn2ccc(CC(=O)O)c2)cc(OC)c1C. The number of methoxy groups -OCH3 is 2. The molecule has 2 atom stereocenters. The summed E-state index contributed by atoms with van der Waals surface area (Å²) in [7, 11) is 3.16. The molecule has 0 spiro atoms. The number of aliphatic hydroxyl groups excluding tert-OH is 1. The van der Waals surface area contributed by atoms with Crippen molar-refractivity contribution in [3.8, 4) is 23.0 Å². The number of aliphatic carboxylic acids is 1. The molecule has 0 amide bonds. The van der Waals surface area contributed by atoms with E-state index in [1.807, 2.05) is 54.1 Å². The van der Waals surface area contributed by atoms with E-state index in [1.54, 1.807) is 26.5 Å². The molecule has 0 saturated heterocycles. The van der Waals surface area contributed by atoms with Crippen LogP contribution in [-0.4, -0.2) is 41.3 Å². The third kappa shape index (κ3) is 5.12. The summed E-state index contributed by atoms with van der Waals surface area (Å²) in [5.74, 6) is 1.38. The molecule has 4 rings (SSSR count). The zero-order chi connectivity index (χ0) is 24.2. The maximum Gasteiger partial charge on any atom is 0.307 e. The van der Waals surface area contributed by atoms with Crippen molar-refractivity contribution < 1.29 is 34.0 Å². The highest BCUT2D eigenvalue weighted by Gasteiger charge is 2.32. The van der Waals surface area contributed by atoms with E-state index in [9.17, 15) is 9.90 Å². The molecule has 2 unspecified atom stereocenters. The first-order valence-corrected chi connectivity index (χ1v) is 11.1. The molecule has 0 saturated carbocycles. The highest BCUT2D eigenvalue weighted by atomic mass is 16.7. The smallest absolute Gasteiger partial charge is 0.307 e. The minimum atomic E-state index is -0.890. The number of aliphatic hydroxyl groups is 1. The molecule has 34 heavy (non-hydrogen) atoms. The molecule has 1 aliphatic heterocycles. The molecule has 0 bridgehead atoms. The zero-order valence-corrected chi connectivity index (χ0v) is 19.4. The number of rotatable bonds is 10. The lowest BCUT2D eigenvalue weighted by molar-refractivity contribution is -0.136. The molecule has 8 nitrogen and oxygen atoms in total. The van der Waals surface area contributed by atoms with Crippen LogP contribution in [0.3, 0.4) is 0 Å². The van der Waals surface area contributed by atoms with Crippen LogP contribution in [-0.2, 0) is 17.8 Å². The van der Waals surface area contributed by atoms with Crippen LogP contribution < -0.4 is 18.9 Å². The van der Waals surface area contributed by atoms with Gasteiger partial charge < -0.3 is 33.7 Å². The van der Waals surface area contributed by atoms with Gasteiger partial charge in [0.1, 0.15) is 11.5 Å². The Labute approximate surface area is 198 Å². The van der Waals surface area contributed by atoms with E-state index in [-0.39, 0.29) is 12.3 Å². The normalized spacial score (nSPS) is 14.6. The van der Waals surface area contributed by atoms with E-state index in [1.165, 1.54) is 0 Å². The number of aromatic nitrogens is 1. The summed E-state index contributed by atoms with van der Waals surface area (Å²) < 4.78 is 24.8. The van der Waals surface area contributed by atoms with E-state index >= 15 is 0 Å². The second-order valence-corrected chi connectivity index (χ2v) is 8.39. The van der Waals surface area contributed by atoms with Crippen LogP contribution in [0.15, 0.2) is 54.9 Å². The van der Waals surface area contributed by atoms with Crippen molar-refractivity contribution in [2.45, 2.75) is 38.7 Å². The van der Waals surface area contributed by atoms with Crippen molar-refractivity contribution in [2.75, 3.05) is 14.2 Å². The number of nitrogens with zero attached hydrogens (tertiary/aromatic N) is 1. The molecule has 1 aliphatic rings. The molecule has 1 aromatic heterocycles. The number of fused-ring (bicyclic) bond motifs is 1. The number of para-hydroxylation sites is 2. The van der Waals surface area contributed by atoms with E-state index < -0.39 is 18.4 Å². The van der Waals surface area contributed by atoms with Crippen molar-refractivity contribution in [2.24, 2.45) is 5.92 Å². The molecule has 180 valence electrons. The number of carboxylic acid groups (broad SMARTS) is 1. The minimum Gasteiger partial charge on any atom is -0.496 e. The minimum absolute atomic E-state index is 0.0588. The van der Waals surface area contributed by atoms with Gasteiger partial charge >= 0.3 is 5.97 Å². The van der Waals surface area contributed by atoms with Crippen LogP contribution >= 0.6 is 0 Å². The summed E-state index contributed by atoms with van der Waals surface area (Å²) in [4.78, 5) is 11.1. The van der Waals surface area contributed by atoms with Gasteiger partial charge in [0.15, 0.2) is 11.5 Å². The average molecular weight is 468 g/mol. The number of carboxylic acids is 1. The van der Waals surface area contributed by atoms with Crippen LogP contribution in [0.2, 0.25) is 0 Å². The maximum atomic E-state index is 11.5. The van der Waals surface area contributed by atoms with Crippen LogP contribution in [0.25, 0.3) is 0 Å². The quantitative estimate of drug-likeness (QED) is 0.465. The molecule has 0 fully saturated rings. The molecule has 2 aromatic carbocycles. The molecule has 2 N–H and O–H groups in total. The highest BCUT2D eigenvalue weighted by molar-refractivity contribution is 5.70. The Balaban J connectivity index is 1.60. The largest absolute Gasteiger partial charge is 0.496 e. The number of carbonyl (C=O) groups is 1. The second kappa shape index (κ2) is 10.1. The van der Waals surface area contributed by atoms with Crippen molar-refractivity contribution in [3.05, 3.63) is 71.5 Å². The number of ether oxygens (including phenoxy) is 4. The van der Waals surface area contributed by atoms with Crippen LogP contribution in [0.1, 0.15) is 29.2 Å². The Morgan fingerprint density at radius 1 is 1.09 bits per heavy atom. The monoisotopic (exact) mass is 467 g/mol. The first-order valence-electron chi connectivity index (χ1n) is 11.1. The number of hydrogen-bond donors (Lipinski definition) is 2. The summed E-state index contributed by atoms with van der Waals surface area (Å²) in [6.07, 6.45) is 2.51. The Morgan fingerprint density at radius 3 is 2.26 bits per heavy atom. The molecule has 2 heterocycles. The van der Waals surface area contributed by atoms with E-state index in [0.29, 0.717) is 47.1 Å². The van der Waals surface area contributed by atoms with Gasteiger partial charge in [-0.2, -0.15) is 0 Å². The molecular weight excluding hydrogens is 438 g/mol. The van der Waals surface area contributed by atoms with Gasteiger partial charge in [0.25, 0.3) is 0 Å². The predicted molar refractivity (Wildman–Crippen MR) is 125 cm³/mol. The summed E-state index contributed by atoms with van der Waals surface area (Å²) >= 11 is 0. The summed E-state index contributed by atoms with van der Waals surface area (Å²) in [6.45, 7) is 2.32. The van der Waals surface area contributed by atoms with E-state index in [0.717, 1.165) is 5.56 Å².